The summed E-state index contributed by atoms with van der Waals surface area (Å²) in [5.41, 5.74) is 5.30. The first-order chi connectivity index (χ1) is 6.02. The summed E-state index contributed by atoms with van der Waals surface area (Å²) in [6.45, 7) is 0. The Labute approximate surface area is 88.6 Å². The number of hydrogen-bond acceptors (Lipinski definition) is 2. The summed E-state index contributed by atoms with van der Waals surface area (Å²) in [6, 6.07) is 4.70. The molecular formula is C8H7BrClNO2. The van der Waals surface area contributed by atoms with E-state index in [1.807, 2.05) is 0 Å². The van der Waals surface area contributed by atoms with Crippen molar-refractivity contribution in [2.75, 3.05) is 0 Å². The molecular weight excluding hydrogens is 257 g/mol. The van der Waals surface area contributed by atoms with E-state index in [0.29, 0.717) is 15.1 Å². The molecule has 0 bridgehead atoms. The van der Waals surface area contributed by atoms with Crippen LogP contribution in [0.4, 0.5) is 0 Å². The van der Waals surface area contributed by atoms with Crippen molar-refractivity contribution in [3.8, 4) is 0 Å². The summed E-state index contributed by atoms with van der Waals surface area (Å²) >= 11 is 8.94. The average molecular weight is 265 g/mol. The third-order valence-electron chi connectivity index (χ3n) is 1.53. The van der Waals surface area contributed by atoms with Gasteiger partial charge in [-0.3, -0.25) is 4.79 Å². The molecule has 0 saturated heterocycles. The van der Waals surface area contributed by atoms with Crippen molar-refractivity contribution in [2.45, 2.75) is 6.10 Å². The lowest BCUT2D eigenvalue weighted by Crippen LogP contribution is -2.20. The molecule has 0 fully saturated rings. The maximum Gasteiger partial charge on any atom is 0.250 e. The molecule has 1 atom stereocenters. The molecule has 0 aliphatic heterocycles. The molecule has 0 aromatic heterocycles. The quantitative estimate of drug-likeness (QED) is 0.852. The first-order valence-electron chi connectivity index (χ1n) is 3.44. The molecule has 1 aromatic carbocycles. The molecule has 0 saturated carbocycles. The van der Waals surface area contributed by atoms with E-state index in [1.54, 1.807) is 12.1 Å². The van der Waals surface area contributed by atoms with E-state index in [4.69, 9.17) is 17.3 Å². The van der Waals surface area contributed by atoms with Gasteiger partial charge in [0, 0.05) is 4.47 Å². The second kappa shape index (κ2) is 4.09. The Bertz CT molecular complexity index is 343. The van der Waals surface area contributed by atoms with Crippen LogP contribution in [0.3, 0.4) is 0 Å². The summed E-state index contributed by atoms with van der Waals surface area (Å²) in [6.07, 6.45) is -1.30. The fourth-order valence-electron chi connectivity index (χ4n) is 0.847. The van der Waals surface area contributed by atoms with E-state index in [2.05, 4.69) is 15.9 Å². The van der Waals surface area contributed by atoms with Crippen molar-refractivity contribution in [1.29, 1.82) is 0 Å². The number of halogens is 2. The normalized spacial score (nSPS) is 12.5. The summed E-state index contributed by atoms with van der Waals surface area (Å²) in [5.74, 6) is -0.793. The van der Waals surface area contributed by atoms with Crippen LogP contribution in [0.25, 0.3) is 0 Å². The lowest BCUT2D eigenvalue weighted by molar-refractivity contribution is -0.126. The molecule has 1 unspecified atom stereocenters. The Morgan fingerprint density at radius 2 is 2.23 bits per heavy atom. The minimum Gasteiger partial charge on any atom is -0.378 e. The zero-order valence-electron chi connectivity index (χ0n) is 6.50. The van der Waals surface area contributed by atoms with E-state index in [0.717, 1.165) is 0 Å². The van der Waals surface area contributed by atoms with E-state index in [1.165, 1.54) is 6.07 Å². The standard InChI is InChI=1S/C8H7BrClNO2/c9-5-2-1-4(3-6(5)10)7(12)8(11)13/h1-3,7,12H,(H2,11,13). The molecule has 0 radical (unpaired) electrons. The lowest BCUT2D eigenvalue weighted by Gasteiger charge is -2.07. The highest BCUT2D eigenvalue weighted by Gasteiger charge is 2.14. The lowest BCUT2D eigenvalue weighted by atomic mass is 10.1. The first kappa shape index (κ1) is 10.5. The number of rotatable bonds is 2. The summed E-state index contributed by atoms with van der Waals surface area (Å²) in [5, 5.41) is 9.69. The molecule has 0 heterocycles. The minimum atomic E-state index is -1.30. The zero-order chi connectivity index (χ0) is 10.0. The molecule has 3 N–H and O–H groups in total. The largest absolute Gasteiger partial charge is 0.378 e. The van der Waals surface area contributed by atoms with E-state index in [9.17, 15) is 9.90 Å². The molecule has 0 spiro atoms. The van der Waals surface area contributed by atoms with Crippen LogP contribution in [0.15, 0.2) is 22.7 Å². The SMILES string of the molecule is NC(=O)C(O)c1ccc(Br)c(Cl)c1. The molecule has 5 heteroatoms. The summed E-state index contributed by atoms with van der Waals surface area (Å²) in [4.78, 5) is 10.6. The van der Waals surface area contributed by atoms with Crippen molar-refractivity contribution in [3.05, 3.63) is 33.3 Å². The van der Waals surface area contributed by atoms with E-state index in [-0.39, 0.29) is 0 Å². The van der Waals surface area contributed by atoms with Gasteiger partial charge in [-0.25, -0.2) is 0 Å². The third-order valence-corrected chi connectivity index (χ3v) is 2.76. The van der Waals surface area contributed by atoms with Crippen molar-refractivity contribution >= 4 is 33.4 Å². The van der Waals surface area contributed by atoms with Crippen LogP contribution in [0.5, 0.6) is 0 Å². The Morgan fingerprint density at radius 3 is 2.69 bits per heavy atom. The third kappa shape index (κ3) is 2.43. The first-order valence-corrected chi connectivity index (χ1v) is 4.62. The Morgan fingerprint density at radius 1 is 1.62 bits per heavy atom. The highest BCUT2D eigenvalue weighted by molar-refractivity contribution is 9.10. The van der Waals surface area contributed by atoms with Gasteiger partial charge in [0.25, 0.3) is 5.91 Å². The predicted octanol–water partition coefficient (Wildman–Crippen LogP) is 1.62. The van der Waals surface area contributed by atoms with Gasteiger partial charge < -0.3 is 10.8 Å². The van der Waals surface area contributed by atoms with Gasteiger partial charge in [-0.05, 0) is 33.6 Å². The predicted molar refractivity (Wildman–Crippen MR) is 53.3 cm³/mol. The monoisotopic (exact) mass is 263 g/mol. The number of nitrogens with two attached hydrogens (primary N) is 1. The second-order valence-electron chi connectivity index (χ2n) is 2.48. The minimum absolute atomic E-state index is 0.390. The van der Waals surface area contributed by atoms with Crippen LogP contribution in [0, 0.1) is 0 Å². The molecule has 3 nitrogen and oxygen atoms in total. The topological polar surface area (TPSA) is 63.3 Å². The average Bonchev–Trinajstić information content (AvgIpc) is 2.08. The van der Waals surface area contributed by atoms with Gasteiger partial charge in [-0.1, -0.05) is 17.7 Å². The number of benzene rings is 1. The number of primary amides is 1. The number of aliphatic hydroxyl groups is 1. The van der Waals surface area contributed by atoms with Gasteiger partial charge in [0.1, 0.15) is 0 Å². The van der Waals surface area contributed by atoms with Crippen LogP contribution in [0.2, 0.25) is 5.02 Å². The Balaban J connectivity index is 3.03. The number of carbonyl (C=O) groups excluding carboxylic acids is 1. The van der Waals surface area contributed by atoms with Crippen LogP contribution >= 0.6 is 27.5 Å². The second-order valence-corrected chi connectivity index (χ2v) is 3.74. The van der Waals surface area contributed by atoms with Crippen molar-refractivity contribution in [3.63, 3.8) is 0 Å². The van der Waals surface area contributed by atoms with Crippen molar-refractivity contribution in [2.24, 2.45) is 5.73 Å². The maximum absolute atomic E-state index is 10.6. The van der Waals surface area contributed by atoms with E-state index < -0.39 is 12.0 Å². The van der Waals surface area contributed by atoms with E-state index >= 15 is 0 Å². The molecule has 1 rings (SSSR count). The van der Waals surface area contributed by atoms with Gasteiger partial charge >= 0.3 is 0 Å². The molecule has 70 valence electrons. The van der Waals surface area contributed by atoms with Gasteiger partial charge in [-0.15, -0.1) is 0 Å². The number of carbonyl (C=O) groups is 1. The summed E-state index contributed by atoms with van der Waals surface area (Å²) < 4.78 is 0.703. The zero-order valence-corrected chi connectivity index (χ0v) is 8.84. The molecule has 13 heavy (non-hydrogen) atoms. The maximum atomic E-state index is 10.6. The van der Waals surface area contributed by atoms with Crippen LogP contribution in [-0.4, -0.2) is 11.0 Å². The summed E-state index contributed by atoms with van der Waals surface area (Å²) in [7, 11) is 0. The van der Waals surface area contributed by atoms with Crippen LogP contribution in [0.1, 0.15) is 11.7 Å². The number of hydrogen-bond donors (Lipinski definition) is 2. The highest BCUT2D eigenvalue weighted by Crippen LogP contribution is 2.25. The van der Waals surface area contributed by atoms with Gasteiger partial charge in [0.2, 0.25) is 0 Å². The fraction of sp³-hybridized carbons (Fsp3) is 0.125. The van der Waals surface area contributed by atoms with Gasteiger partial charge in [0.05, 0.1) is 5.02 Å². The molecule has 0 aliphatic rings. The molecule has 1 aromatic rings. The number of amides is 1. The van der Waals surface area contributed by atoms with Crippen molar-refractivity contribution < 1.29 is 9.90 Å². The Hall–Kier alpha value is -0.580. The fourth-order valence-corrected chi connectivity index (χ4v) is 1.28. The Kier molecular flexibility index (Phi) is 3.30. The van der Waals surface area contributed by atoms with Crippen molar-refractivity contribution in [1.82, 2.24) is 0 Å². The van der Waals surface area contributed by atoms with Crippen LogP contribution < -0.4 is 5.73 Å². The number of aliphatic hydroxyl groups excluding tert-OH is 1. The van der Waals surface area contributed by atoms with Gasteiger partial charge in [0.15, 0.2) is 6.10 Å². The molecule has 1 amide bonds. The van der Waals surface area contributed by atoms with Gasteiger partial charge in [-0.2, -0.15) is 0 Å². The molecule has 0 aliphatic carbocycles. The van der Waals surface area contributed by atoms with Crippen LogP contribution in [-0.2, 0) is 4.79 Å². The highest BCUT2D eigenvalue weighted by atomic mass is 79.9. The smallest absolute Gasteiger partial charge is 0.250 e.